The van der Waals surface area contributed by atoms with E-state index in [1.807, 2.05) is 6.07 Å². The molecule has 1 aliphatic rings. The number of nitrogens with zero attached hydrogens (tertiary/aromatic N) is 2. The van der Waals surface area contributed by atoms with Gasteiger partial charge in [0.1, 0.15) is 5.75 Å². The zero-order valence-corrected chi connectivity index (χ0v) is 10.1. The Bertz CT molecular complexity index is 336. The van der Waals surface area contributed by atoms with Gasteiger partial charge in [-0.1, -0.05) is 6.92 Å². The van der Waals surface area contributed by atoms with Crippen LogP contribution in [-0.4, -0.2) is 27.6 Å². The summed E-state index contributed by atoms with van der Waals surface area (Å²) in [6.45, 7) is 6.67. The molecule has 3 nitrogen and oxygen atoms in total. The average Bonchev–Trinajstić information content (AvgIpc) is 2.25. The number of aromatic nitrogens is 1. The van der Waals surface area contributed by atoms with Crippen LogP contribution in [0.25, 0.3) is 0 Å². The molecular weight excluding hydrogens is 200 g/mol. The highest BCUT2D eigenvalue weighted by Gasteiger charge is 2.22. The lowest BCUT2D eigenvalue weighted by molar-refractivity contribution is 0.120. The van der Waals surface area contributed by atoms with E-state index >= 15 is 0 Å². The van der Waals surface area contributed by atoms with Crippen LogP contribution in [0.3, 0.4) is 0 Å². The molecule has 2 heterocycles. The minimum absolute atomic E-state index is 0.240. The van der Waals surface area contributed by atoms with Gasteiger partial charge < -0.3 is 5.11 Å². The molecule has 1 aromatic heterocycles. The summed E-state index contributed by atoms with van der Waals surface area (Å²) in [6.07, 6.45) is 4.08. The van der Waals surface area contributed by atoms with Crippen molar-refractivity contribution in [3.8, 4) is 5.75 Å². The Balaban J connectivity index is 1.96. The zero-order valence-electron chi connectivity index (χ0n) is 10.1. The van der Waals surface area contributed by atoms with Crippen molar-refractivity contribution in [2.75, 3.05) is 6.54 Å². The van der Waals surface area contributed by atoms with Crippen LogP contribution in [0.15, 0.2) is 18.3 Å². The van der Waals surface area contributed by atoms with E-state index in [0.29, 0.717) is 6.04 Å². The van der Waals surface area contributed by atoms with Crippen LogP contribution in [0.5, 0.6) is 5.75 Å². The highest BCUT2D eigenvalue weighted by Crippen LogP contribution is 2.23. The van der Waals surface area contributed by atoms with E-state index in [0.717, 1.165) is 24.7 Å². The normalized spacial score (nSPS) is 26.9. The van der Waals surface area contributed by atoms with Gasteiger partial charge in [0.15, 0.2) is 0 Å². The van der Waals surface area contributed by atoms with E-state index in [1.54, 1.807) is 6.07 Å². The number of aromatic hydroxyl groups is 1. The van der Waals surface area contributed by atoms with Crippen molar-refractivity contribution in [1.82, 2.24) is 9.88 Å². The van der Waals surface area contributed by atoms with E-state index in [2.05, 4.69) is 23.7 Å². The molecule has 0 aliphatic carbocycles. The third kappa shape index (κ3) is 2.73. The van der Waals surface area contributed by atoms with Crippen molar-refractivity contribution >= 4 is 0 Å². The maximum Gasteiger partial charge on any atom is 0.133 e. The summed E-state index contributed by atoms with van der Waals surface area (Å²) in [5.41, 5.74) is 1.04. The van der Waals surface area contributed by atoms with Crippen LogP contribution in [-0.2, 0) is 6.54 Å². The van der Waals surface area contributed by atoms with Crippen molar-refractivity contribution in [1.29, 1.82) is 0 Å². The zero-order chi connectivity index (χ0) is 11.5. The highest BCUT2D eigenvalue weighted by molar-refractivity contribution is 5.17. The number of rotatable bonds is 2. The van der Waals surface area contributed by atoms with Gasteiger partial charge in [-0.2, -0.15) is 0 Å². The first-order chi connectivity index (χ1) is 7.65. The van der Waals surface area contributed by atoms with E-state index < -0.39 is 0 Å². The Kier molecular flexibility index (Phi) is 3.44. The summed E-state index contributed by atoms with van der Waals surface area (Å²) in [6, 6.07) is 4.25. The average molecular weight is 220 g/mol. The van der Waals surface area contributed by atoms with Gasteiger partial charge in [0.25, 0.3) is 0 Å². The van der Waals surface area contributed by atoms with Gasteiger partial charge in [-0.3, -0.25) is 9.88 Å². The van der Waals surface area contributed by atoms with Gasteiger partial charge >= 0.3 is 0 Å². The molecule has 0 spiro atoms. The predicted octanol–water partition coefficient (Wildman–Crippen LogP) is 2.41. The summed E-state index contributed by atoms with van der Waals surface area (Å²) >= 11 is 0. The van der Waals surface area contributed by atoms with E-state index in [1.165, 1.54) is 19.0 Å². The monoisotopic (exact) mass is 220 g/mol. The molecule has 0 bridgehead atoms. The summed E-state index contributed by atoms with van der Waals surface area (Å²) in [5.74, 6) is 1.09. The molecule has 1 aliphatic heterocycles. The molecule has 2 atom stereocenters. The summed E-state index contributed by atoms with van der Waals surface area (Å²) in [4.78, 5) is 6.71. The second-order valence-electron chi connectivity index (χ2n) is 4.96. The number of pyridine rings is 1. The minimum atomic E-state index is 0.240. The predicted molar refractivity (Wildman–Crippen MR) is 64.2 cm³/mol. The van der Waals surface area contributed by atoms with Crippen molar-refractivity contribution in [3.63, 3.8) is 0 Å². The Hall–Kier alpha value is -1.09. The van der Waals surface area contributed by atoms with Gasteiger partial charge in [0.05, 0.1) is 11.9 Å². The molecule has 2 rings (SSSR count). The summed E-state index contributed by atoms with van der Waals surface area (Å²) in [5, 5.41) is 9.17. The molecule has 1 saturated heterocycles. The van der Waals surface area contributed by atoms with Crippen molar-refractivity contribution < 1.29 is 5.11 Å². The van der Waals surface area contributed by atoms with Gasteiger partial charge in [-0.25, -0.2) is 0 Å². The smallest absolute Gasteiger partial charge is 0.133 e. The third-order valence-electron chi connectivity index (χ3n) is 3.45. The second kappa shape index (κ2) is 4.83. The van der Waals surface area contributed by atoms with Crippen molar-refractivity contribution in [2.45, 2.75) is 39.3 Å². The fraction of sp³-hybridized carbons (Fsp3) is 0.615. The van der Waals surface area contributed by atoms with E-state index in [-0.39, 0.29) is 5.75 Å². The summed E-state index contributed by atoms with van der Waals surface area (Å²) < 4.78 is 0. The number of hydrogen-bond acceptors (Lipinski definition) is 3. The van der Waals surface area contributed by atoms with Crippen LogP contribution in [0.2, 0.25) is 0 Å². The quantitative estimate of drug-likeness (QED) is 0.831. The molecule has 2 unspecified atom stereocenters. The van der Waals surface area contributed by atoms with Crippen LogP contribution in [0, 0.1) is 5.92 Å². The van der Waals surface area contributed by atoms with Gasteiger partial charge in [0.2, 0.25) is 0 Å². The number of hydrogen-bond donors (Lipinski definition) is 1. The molecule has 88 valence electrons. The van der Waals surface area contributed by atoms with E-state index in [4.69, 9.17) is 0 Å². The van der Waals surface area contributed by atoms with Crippen molar-refractivity contribution in [2.24, 2.45) is 5.92 Å². The van der Waals surface area contributed by atoms with E-state index in [9.17, 15) is 5.11 Å². The molecule has 0 amide bonds. The maximum atomic E-state index is 9.17. The Morgan fingerprint density at radius 3 is 2.88 bits per heavy atom. The molecule has 3 heteroatoms. The summed E-state index contributed by atoms with van der Waals surface area (Å²) in [7, 11) is 0. The fourth-order valence-electron chi connectivity index (χ4n) is 2.41. The lowest BCUT2D eigenvalue weighted by Gasteiger charge is -2.36. The lowest BCUT2D eigenvalue weighted by atomic mass is 9.93. The molecular formula is C13H20N2O. The first kappa shape index (κ1) is 11.4. The lowest BCUT2D eigenvalue weighted by Crippen LogP contribution is -2.39. The minimum Gasteiger partial charge on any atom is -0.506 e. The molecule has 1 aromatic rings. The van der Waals surface area contributed by atoms with Crippen LogP contribution in [0.1, 0.15) is 32.4 Å². The first-order valence-corrected chi connectivity index (χ1v) is 6.03. The largest absolute Gasteiger partial charge is 0.506 e. The van der Waals surface area contributed by atoms with Crippen LogP contribution in [0.4, 0.5) is 0 Å². The topological polar surface area (TPSA) is 36.4 Å². The first-order valence-electron chi connectivity index (χ1n) is 6.03. The SMILES string of the molecule is CC1CCN(Cc2ccc(O)cn2)C(C)C1. The molecule has 16 heavy (non-hydrogen) atoms. The molecule has 0 saturated carbocycles. The van der Waals surface area contributed by atoms with Gasteiger partial charge in [0, 0.05) is 12.6 Å². The molecule has 0 aromatic carbocycles. The van der Waals surface area contributed by atoms with Gasteiger partial charge in [-0.05, 0) is 44.4 Å². The standard InChI is InChI=1S/C13H20N2O/c1-10-5-6-15(11(2)7-10)9-12-3-4-13(16)8-14-12/h3-4,8,10-11,16H,5-7,9H2,1-2H3. The molecule has 0 radical (unpaired) electrons. The Morgan fingerprint density at radius 1 is 1.44 bits per heavy atom. The Labute approximate surface area is 97.1 Å². The van der Waals surface area contributed by atoms with Crippen LogP contribution < -0.4 is 0 Å². The maximum absolute atomic E-state index is 9.17. The molecule has 1 fully saturated rings. The van der Waals surface area contributed by atoms with Gasteiger partial charge in [-0.15, -0.1) is 0 Å². The number of likely N-dealkylation sites (tertiary alicyclic amines) is 1. The van der Waals surface area contributed by atoms with Crippen LogP contribution >= 0.6 is 0 Å². The fourth-order valence-corrected chi connectivity index (χ4v) is 2.41. The van der Waals surface area contributed by atoms with Crippen molar-refractivity contribution in [3.05, 3.63) is 24.0 Å². The number of piperidine rings is 1. The third-order valence-corrected chi connectivity index (χ3v) is 3.45. The Morgan fingerprint density at radius 2 is 2.25 bits per heavy atom. The second-order valence-corrected chi connectivity index (χ2v) is 4.96. The molecule has 1 N–H and O–H groups in total. The highest BCUT2D eigenvalue weighted by atomic mass is 16.3.